The summed E-state index contributed by atoms with van der Waals surface area (Å²) in [5, 5.41) is 29.9. The molecule has 0 aliphatic rings. The van der Waals surface area contributed by atoms with Crippen LogP contribution in [0.15, 0.2) is 528 Å². The monoisotopic (exact) mass is 1870 g/mol. The first-order chi connectivity index (χ1) is 72.9. The van der Waals surface area contributed by atoms with Crippen LogP contribution < -0.4 is 0 Å². The normalized spacial score (nSPS) is 11.7. The molecule has 0 aliphatic carbocycles. The van der Waals surface area contributed by atoms with E-state index >= 15 is 0 Å². The Morgan fingerprint density at radius 2 is 0.354 bits per heavy atom. The number of benzene rings is 24. The van der Waals surface area contributed by atoms with E-state index in [-0.39, 0.29) is 0 Å². The maximum Gasteiger partial charge on any atom is 0.160 e. The van der Waals surface area contributed by atoms with Crippen LogP contribution in [0.3, 0.4) is 0 Å². The molecule has 0 unspecified atom stereocenters. The zero-order valence-corrected chi connectivity index (χ0v) is 79.8. The summed E-state index contributed by atoms with van der Waals surface area (Å²) in [6, 6.07) is 188. The molecule has 0 bridgehead atoms. The van der Waals surface area contributed by atoms with Crippen molar-refractivity contribution in [3.05, 3.63) is 528 Å². The van der Waals surface area contributed by atoms with E-state index in [1.54, 1.807) is 0 Å². The fourth-order valence-corrected chi connectivity index (χ4v) is 22.4. The van der Waals surface area contributed by atoms with E-state index in [1.165, 1.54) is 162 Å². The number of fused-ring (bicyclic) bond motifs is 24. The fourth-order valence-electron chi connectivity index (χ4n) is 22.4. The van der Waals surface area contributed by atoms with Crippen LogP contribution in [-0.2, 0) is 0 Å². The van der Waals surface area contributed by atoms with Gasteiger partial charge in [0, 0.05) is 99.5 Å². The molecular weight excluding hydrogens is 1780 g/mol. The summed E-state index contributed by atoms with van der Waals surface area (Å²) in [6.07, 6.45) is 0. The zero-order chi connectivity index (χ0) is 96.9. The van der Waals surface area contributed by atoms with Crippen molar-refractivity contribution < 1.29 is 0 Å². The average Bonchev–Trinajstić information content (AvgIpc) is 1.56. The van der Waals surface area contributed by atoms with Gasteiger partial charge in [0.1, 0.15) is 0 Å². The molecule has 0 spiro atoms. The van der Waals surface area contributed by atoms with E-state index in [9.17, 15) is 0 Å². The summed E-state index contributed by atoms with van der Waals surface area (Å²) in [5.41, 5.74) is 25.1. The van der Waals surface area contributed by atoms with Gasteiger partial charge in [-0.05, 0) is 200 Å². The van der Waals surface area contributed by atoms with Crippen molar-refractivity contribution in [2.75, 3.05) is 0 Å². The van der Waals surface area contributed by atoms with Crippen LogP contribution in [0.1, 0.15) is 0 Å². The Morgan fingerprint density at radius 3 is 0.728 bits per heavy atom. The zero-order valence-electron chi connectivity index (χ0n) is 79.8. The standard InChI is InChI=1S/3C46H29N3/c1-2-15-33(16-3-1)46-47-40(29-41(48-46)39-23-11-17-30-12-4-7-20-36(30)39)34-18-10-19-35(28-34)49-42-26-24-31-13-5-8-21-37(31)44(42)45-38-22-9-6-14-32(38)25-27-43(45)49;1-2-14-33(15-3-1)40-29-41(48-46(47-40)36-22-21-30-11-4-5-16-34(30)27-36)35-17-10-18-37(28-35)49-42-25-23-31-12-6-8-19-38(31)44(42)45-39-20-9-7-13-32(39)24-26-43(45)49;1-2-13-34(14-3-1)46-47-40(29-41(48-46)36-19-18-30-10-4-5-15-35(30)28-36)33-20-24-37(25-21-33)49-42-26-22-31-11-6-8-16-38(31)44(42)45-39-17-9-7-12-32(39)23-27-43(45)49/h3*1-29H. The lowest BCUT2D eigenvalue weighted by Crippen LogP contribution is -1.98. The van der Waals surface area contributed by atoms with Crippen molar-refractivity contribution in [2.45, 2.75) is 0 Å². The highest BCUT2D eigenvalue weighted by Crippen LogP contribution is 2.47. The third kappa shape index (κ3) is 15.1. The van der Waals surface area contributed by atoms with Gasteiger partial charge < -0.3 is 13.7 Å². The molecule has 6 aromatic heterocycles. The Kier molecular flexibility index (Phi) is 20.8. The van der Waals surface area contributed by atoms with Gasteiger partial charge in [-0.3, -0.25) is 0 Å². The number of aromatic nitrogens is 9. The maximum absolute atomic E-state index is 5.21. The van der Waals surface area contributed by atoms with Gasteiger partial charge in [-0.15, -0.1) is 0 Å². The van der Waals surface area contributed by atoms with Gasteiger partial charge >= 0.3 is 0 Å². The van der Waals surface area contributed by atoms with Crippen molar-refractivity contribution in [1.29, 1.82) is 0 Å². The number of hydrogen-bond acceptors (Lipinski definition) is 6. The van der Waals surface area contributed by atoms with Gasteiger partial charge in [0.2, 0.25) is 0 Å². The Morgan fingerprint density at radius 1 is 0.122 bits per heavy atom. The van der Waals surface area contributed by atoms with Gasteiger partial charge in [-0.2, -0.15) is 0 Å². The lowest BCUT2D eigenvalue weighted by molar-refractivity contribution is 1.17. The molecule has 147 heavy (non-hydrogen) atoms. The van der Waals surface area contributed by atoms with Gasteiger partial charge in [-0.1, -0.05) is 425 Å². The van der Waals surface area contributed by atoms with E-state index in [0.717, 1.165) is 101 Å². The van der Waals surface area contributed by atoms with Crippen molar-refractivity contribution >= 4 is 162 Å². The average molecular weight is 1870 g/mol. The Labute approximate surface area is 846 Å². The molecule has 0 N–H and O–H groups in total. The quantitative estimate of drug-likeness (QED) is 0.121. The minimum absolute atomic E-state index is 0.709. The van der Waals surface area contributed by atoms with Crippen LogP contribution in [-0.4, -0.2) is 43.6 Å². The first-order valence-electron chi connectivity index (χ1n) is 50.0. The molecule has 0 fully saturated rings. The van der Waals surface area contributed by atoms with Crippen LogP contribution in [0.25, 0.3) is 281 Å². The summed E-state index contributed by atoms with van der Waals surface area (Å²) in [6.45, 7) is 0. The Balaban J connectivity index is 0.000000107. The minimum atomic E-state index is 0.709. The third-order valence-corrected chi connectivity index (χ3v) is 29.3. The summed E-state index contributed by atoms with van der Waals surface area (Å²) < 4.78 is 7.23. The molecule has 684 valence electrons. The predicted molar refractivity (Wildman–Crippen MR) is 616 cm³/mol. The second-order valence-corrected chi connectivity index (χ2v) is 37.9. The molecule has 9 heteroatoms. The Hall–Kier alpha value is -19.7. The molecule has 0 radical (unpaired) electrons. The lowest BCUT2D eigenvalue weighted by Gasteiger charge is -2.13. The maximum atomic E-state index is 5.21. The number of nitrogens with zero attached hydrogens (tertiary/aromatic N) is 9. The molecule has 0 aliphatic heterocycles. The predicted octanol–water partition coefficient (Wildman–Crippen LogP) is 36.1. The van der Waals surface area contributed by atoms with E-state index in [1.807, 2.05) is 42.5 Å². The molecule has 0 saturated carbocycles. The highest BCUT2D eigenvalue weighted by Gasteiger charge is 2.25. The van der Waals surface area contributed by atoms with Crippen molar-refractivity contribution in [1.82, 2.24) is 43.6 Å². The number of rotatable bonds is 12. The van der Waals surface area contributed by atoms with Crippen LogP contribution in [0.2, 0.25) is 0 Å². The van der Waals surface area contributed by atoms with Gasteiger partial charge in [0.05, 0.1) is 67.3 Å². The van der Waals surface area contributed by atoms with Crippen LogP contribution in [0, 0.1) is 0 Å². The van der Waals surface area contributed by atoms with E-state index in [2.05, 4.69) is 499 Å². The lowest BCUT2D eigenvalue weighted by atomic mass is 10.00. The highest BCUT2D eigenvalue weighted by atomic mass is 15.0. The van der Waals surface area contributed by atoms with E-state index in [0.29, 0.717) is 17.5 Å². The summed E-state index contributed by atoms with van der Waals surface area (Å²) in [4.78, 5) is 30.8. The largest absolute Gasteiger partial charge is 0.309 e. The first kappa shape index (κ1) is 85.3. The smallest absolute Gasteiger partial charge is 0.160 e. The highest BCUT2D eigenvalue weighted by molar-refractivity contribution is 6.32. The fraction of sp³-hybridized carbons (Fsp3) is 0. The molecule has 0 amide bonds. The summed E-state index contributed by atoms with van der Waals surface area (Å²) in [5.74, 6) is 2.13. The van der Waals surface area contributed by atoms with Crippen LogP contribution in [0.4, 0.5) is 0 Å². The minimum Gasteiger partial charge on any atom is -0.309 e. The van der Waals surface area contributed by atoms with Gasteiger partial charge in [0.25, 0.3) is 0 Å². The number of hydrogen-bond donors (Lipinski definition) is 0. The molecule has 9 nitrogen and oxygen atoms in total. The summed E-state index contributed by atoms with van der Waals surface area (Å²) >= 11 is 0. The topological polar surface area (TPSA) is 92.1 Å². The molecule has 30 aromatic rings. The molecular formula is C138H87N9. The third-order valence-electron chi connectivity index (χ3n) is 29.3. The molecule has 0 atom stereocenters. The van der Waals surface area contributed by atoms with Crippen molar-refractivity contribution in [3.8, 4) is 119 Å². The van der Waals surface area contributed by atoms with E-state index < -0.39 is 0 Å². The van der Waals surface area contributed by atoms with Crippen molar-refractivity contribution in [3.63, 3.8) is 0 Å². The molecule has 0 saturated heterocycles. The SMILES string of the molecule is c1ccc(-c2cc(-c3cccc(-n4c5ccc6ccccc6c5c5c6ccccc6ccc54)c3)nc(-c3ccc4ccccc4c3)n2)cc1.c1ccc(-c2nc(-c3ccc(-n4c5ccc6ccccc6c5c5c6ccccc6ccc54)cc3)cc(-c3ccc4ccccc4c3)n2)cc1.c1ccc(-c2nc(-c3cccc(-n4c5ccc6ccccc6c5c5c6ccccc6ccc54)c3)cc(-c3cccc4ccccc34)n2)cc1. The molecule has 6 heterocycles. The van der Waals surface area contributed by atoms with Crippen LogP contribution >= 0.6 is 0 Å². The molecule has 24 aromatic carbocycles. The van der Waals surface area contributed by atoms with Gasteiger partial charge in [0.15, 0.2) is 17.5 Å². The van der Waals surface area contributed by atoms with Gasteiger partial charge in [-0.25, -0.2) is 29.9 Å². The summed E-state index contributed by atoms with van der Waals surface area (Å²) in [7, 11) is 0. The first-order valence-corrected chi connectivity index (χ1v) is 50.0. The second kappa shape index (κ2) is 35.8. The van der Waals surface area contributed by atoms with Crippen molar-refractivity contribution in [2.24, 2.45) is 0 Å². The van der Waals surface area contributed by atoms with Crippen LogP contribution in [0.5, 0.6) is 0 Å². The molecule has 30 rings (SSSR count). The Bertz CT molecular complexity index is 10200. The second-order valence-electron chi connectivity index (χ2n) is 37.9. The van der Waals surface area contributed by atoms with E-state index in [4.69, 9.17) is 29.9 Å².